The topological polar surface area (TPSA) is 78.5 Å². The molecule has 2 aromatic rings. The maximum atomic E-state index is 12.8. The van der Waals surface area contributed by atoms with Crippen LogP contribution in [-0.2, 0) is 16.6 Å². The van der Waals surface area contributed by atoms with Crippen molar-refractivity contribution in [2.45, 2.75) is 30.3 Å². The normalized spacial score (nSPS) is 14.9. The van der Waals surface area contributed by atoms with Crippen LogP contribution < -0.4 is 10.0 Å². The van der Waals surface area contributed by atoms with Gasteiger partial charge in [0.15, 0.2) is 0 Å². The molecule has 3 rings (SSSR count). The van der Waals surface area contributed by atoms with Crippen molar-refractivity contribution in [1.82, 2.24) is 14.9 Å². The molecule has 1 aliphatic rings. The second-order valence-electron chi connectivity index (χ2n) is 6.74. The molecular weight excluding hydrogens is 398 g/mol. The lowest BCUT2D eigenvalue weighted by Gasteiger charge is -2.31. The number of hydrogen-bond acceptors (Lipinski definition) is 4. The van der Waals surface area contributed by atoms with Crippen molar-refractivity contribution < 1.29 is 13.2 Å². The molecule has 152 valence electrons. The van der Waals surface area contributed by atoms with Crippen LogP contribution in [0.2, 0.25) is 0 Å². The first-order valence-corrected chi connectivity index (χ1v) is 10.6. The first-order chi connectivity index (χ1) is 13.0. The molecule has 1 saturated heterocycles. The van der Waals surface area contributed by atoms with E-state index in [-0.39, 0.29) is 35.8 Å². The number of rotatable bonds is 6. The minimum atomic E-state index is -3.70. The van der Waals surface area contributed by atoms with Crippen molar-refractivity contribution in [1.29, 1.82) is 0 Å². The Hall–Kier alpha value is -1.93. The van der Waals surface area contributed by atoms with E-state index in [1.165, 1.54) is 12.1 Å². The predicted molar refractivity (Wildman–Crippen MR) is 112 cm³/mol. The molecule has 1 aliphatic heterocycles. The monoisotopic (exact) mass is 423 g/mol. The molecule has 0 unspecified atom stereocenters. The molecule has 0 radical (unpaired) electrons. The Morgan fingerprint density at radius 3 is 2.46 bits per heavy atom. The van der Waals surface area contributed by atoms with Gasteiger partial charge in [0.1, 0.15) is 0 Å². The first kappa shape index (κ1) is 22.4. The van der Waals surface area contributed by atoms with E-state index >= 15 is 0 Å². The number of nitrogens with one attached hydrogen (secondary N) is 2. The number of hydrogen-bond donors (Lipinski definition) is 2. The molecule has 0 aromatic heterocycles. The molecule has 6 nitrogen and oxygen atoms in total. The van der Waals surface area contributed by atoms with Gasteiger partial charge < -0.3 is 10.2 Å². The third kappa shape index (κ3) is 5.54. The van der Waals surface area contributed by atoms with Gasteiger partial charge in [-0.05, 0) is 49.7 Å². The van der Waals surface area contributed by atoms with Gasteiger partial charge in [0.05, 0.1) is 4.90 Å². The zero-order chi connectivity index (χ0) is 19.3. The third-order valence-electron chi connectivity index (χ3n) is 4.88. The molecule has 0 atom stereocenters. The van der Waals surface area contributed by atoms with Crippen LogP contribution in [0.25, 0.3) is 0 Å². The van der Waals surface area contributed by atoms with Crippen molar-refractivity contribution in [2.24, 2.45) is 0 Å². The highest BCUT2D eigenvalue weighted by Crippen LogP contribution is 2.17. The molecule has 0 bridgehead atoms. The van der Waals surface area contributed by atoms with Crippen molar-refractivity contribution in [3.63, 3.8) is 0 Å². The summed E-state index contributed by atoms with van der Waals surface area (Å²) < 4.78 is 27.8. The van der Waals surface area contributed by atoms with Crippen LogP contribution in [0.5, 0.6) is 0 Å². The van der Waals surface area contributed by atoms with Crippen LogP contribution in [0, 0.1) is 0 Å². The number of benzene rings is 2. The Morgan fingerprint density at radius 2 is 1.79 bits per heavy atom. The summed E-state index contributed by atoms with van der Waals surface area (Å²) in [5, 5.41) is 3.28. The lowest BCUT2D eigenvalue weighted by atomic mass is 10.0. The molecule has 0 saturated carbocycles. The summed E-state index contributed by atoms with van der Waals surface area (Å²) in [6.45, 7) is 1.98. The van der Waals surface area contributed by atoms with Crippen molar-refractivity contribution >= 4 is 28.3 Å². The van der Waals surface area contributed by atoms with E-state index in [0.29, 0.717) is 5.56 Å². The fourth-order valence-corrected chi connectivity index (χ4v) is 4.28. The van der Waals surface area contributed by atoms with Crippen molar-refractivity contribution in [2.75, 3.05) is 20.1 Å². The SMILES string of the molecule is CN(C(=O)c1cccc(S(=O)(=O)NCc2ccccc2)c1)C1CCNCC1.Cl. The van der Waals surface area contributed by atoms with Gasteiger partial charge in [-0.2, -0.15) is 0 Å². The number of carbonyl (C=O) groups is 1. The van der Waals surface area contributed by atoms with Gasteiger partial charge in [-0.3, -0.25) is 4.79 Å². The van der Waals surface area contributed by atoms with Gasteiger partial charge in [-0.1, -0.05) is 36.4 Å². The molecular formula is C20H26ClN3O3S. The Morgan fingerprint density at radius 1 is 1.11 bits per heavy atom. The summed E-state index contributed by atoms with van der Waals surface area (Å²) in [4.78, 5) is 14.6. The molecule has 0 spiro atoms. The van der Waals surface area contributed by atoms with Gasteiger partial charge in [0.2, 0.25) is 10.0 Å². The second kappa shape index (κ2) is 10.0. The summed E-state index contributed by atoms with van der Waals surface area (Å²) >= 11 is 0. The third-order valence-corrected chi connectivity index (χ3v) is 6.28. The summed E-state index contributed by atoms with van der Waals surface area (Å²) in [6, 6.07) is 15.7. The van der Waals surface area contributed by atoms with E-state index in [4.69, 9.17) is 0 Å². The lowest BCUT2D eigenvalue weighted by Crippen LogP contribution is -2.44. The highest BCUT2D eigenvalue weighted by Gasteiger charge is 2.24. The molecule has 0 aliphatic carbocycles. The Balaban J connectivity index is 0.00000280. The van der Waals surface area contributed by atoms with E-state index in [9.17, 15) is 13.2 Å². The Bertz CT molecular complexity index is 885. The van der Waals surface area contributed by atoms with E-state index in [0.717, 1.165) is 31.5 Å². The van der Waals surface area contributed by atoms with Crippen LogP contribution in [0.1, 0.15) is 28.8 Å². The minimum Gasteiger partial charge on any atom is -0.339 e. The van der Waals surface area contributed by atoms with Crippen LogP contribution in [0.3, 0.4) is 0 Å². The van der Waals surface area contributed by atoms with E-state index in [2.05, 4.69) is 10.0 Å². The molecule has 28 heavy (non-hydrogen) atoms. The zero-order valence-corrected chi connectivity index (χ0v) is 17.4. The quantitative estimate of drug-likeness (QED) is 0.747. The average molecular weight is 424 g/mol. The average Bonchev–Trinajstić information content (AvgIpc) is 2.73. The summed E-state index contributed by atoms with van der Waals surface area (Å²) in [6.07, 6.45) is 1.80. The fraction of sp³-hybridized carbons (Fsp3) is 0.350. The van der Waals surface area contributed by atoms with E-state index in [1.807, 2.05) is 30.3 Å². The van der Waals surface area contributed by atoms with Gasteiger partial charge in [-0.25, -0.2) is 13.1 Å². The molecule has 2 aromatic carbocycles. The van der Waals surface area contributed by atoms with Crippen LogP contribution in [-0.4, -0.2) is 45.4 Å². The van der Waals surface area contributed by atoms with Crippen molar-refractivity contribution in [3.8, 4) is 0 Å². The molecule has 1 amide bonds. The number of nitrogens with zero attached hydrogens (tertiary/aromatic N) is 1. The molecule has 1 heterocycles. The summed E-state index contributed by atoms with van der Waals surface area (Å²) in [5.74, 6) is -0.151. The standard InChI is InChI=1S/C20H25N3O3S.ClH/c1-23(18-10-12-21-13-11-18)20(24)17-8-5-9-19(14-17)27(25,26)22-15-16-6-3-2-4-7-16;/h2-9,14,18,21-22H,10-13,15H2,1H3;1H. The van der Waals surface area contributed by atoms with Gasteiger partial charge in [0, 0.05) is 25.2 Å². The van der Waals surface area contributed by atoms with Crippen LogP contribution in [0.15, 0.2) is 59.5 Å². The van der Waals surface area contributed by atoms with Gasteiger partial charge >= 0.3 is 0 Å². The summed E-state index contributed by atoms with van der Waals surface area (Å²) in [7, 11) is -1.91. The number of piperidine rings is 1. The maximum Gasteiger partial charge on any atom is 0.253 e. The molecule has 1 fully saturated rings. The smallest absolute Gasteiger partial charge is 0.253 e. The largest absolute Gasteiger partial charge is 0.339 e. The van der Waals surface area contributed by atoms with E-state index < -0.39 is 10.0 Å². The zero-order valence-electron chi connectivity index (χ0n) is 15.8. The summed E-state index contributed by atoms with van der Waals surface area (Å²) in [5.41, 5.74) is 1.26. The predicted octanol–water partition coefficient (Wildman–Crippen LogP) is 2.41. The van der Waals surface area contributed by atoms with Gasteiger partial charge in [0.25, 0.3) is 5.91 Å². The van der Waals surface area contributed by atoms with E-state index in [1.54, 1.807) is 24.1 Å². The minimum absolute atomic E-state index is 0. The van der Waals surface area contributed by atoms with Gasteiger partial charge in [-0.15, -0.1) is 12.4 Å². The van der Waals surface area contributed by atoms with Crippen molar-refractivity contribution in [3.05, 3.63) is 65.7 Å². The fourth-order valence-electron chi connectivity index (χ4n) is 3.22. The first-order valence-electron chi connectivity index (χ1n) is 9.09. The lowest BCUT2D eigenvalue weighted by molar-refractivity contribution is 0.0703. The number of amides is 1. The maximum absolute atomic E-state index is 12.8. The van der Waals surface area contributed by atoms with Crippen LogP contribution >= 0.6 is 12.4 Å². The second-order valence-corrected chi connectivity index (χ2v) is 8.50. The molecule has 2 N–H and O–H groups in total. The number of halogens is 1. The highest BCUT2D eigenvalue weighted by molar-refractivity contribution is 7.89. The number of sulfonamides is 1. The van der Waals surface area contributed by atoms with Crippen LogP contribution in [0.4, 0.5) is 0 Å². The Kier molecular flexibility index (Phi) is 8.00. The Labute approximate surface area is 172 Å². The molecule has 8 heteroatoms. The number of carbonyl (C=O) groups excluding carboxylic acids is 1. The highest BCUT2D eigenvalue weighted by atomic mass is 35.5.